The Kier molecular flexibility index (Phi) is 3.35. The van der Waals surface area contributed by atoms with Gasteiger partial charge in [0.2, 0.25) is 0 Å². The molecule has 8 heteroatoms. The Balaban J connectivity index is 2.28. The van der Waals surface area contributed by atoms with E-state index in [0.29, 0.717) is 13.0 Å². The molecule has 0 aromatic carbocycles. The van der Waals surface area contributed by atoms with Gasteiger partial charge in [-0.05, 0) is 6.42 Å². The Morgan fingerprint density at radius 3 is 2.72 bits per heavy atom. The highest BCUT2D eigenvalue weighted by Crippen LogP contribution is 2.09. The van der Waals surface area contributed by atoms with Gasteiger partial charge in [-0.3, -0.25) is 4.68 Å². The van der Waals surface area contributed by atoms with Crippen LogP contribution in [0.5, 0.6) is 0 Å². The predicted octanol–water partition coefficient (Wildman–Crippen LogP) is -0.196. The number of ether oxygens (including phenoxy) is 1. The fourth-order valence-corrected chi connectivity index (χ4v) is 1.69. The number of carbonyl (C=O) groups excluding carboxylic acids is 1. The molecule has 18 heavy (non-hydrogen) atoms. The molecule has 0 unspecified atom stereocenters. The van der Waals surface area contributed by atoms with Crippen molar-refractivity contribution in [1.82, 2.24) is 30.0 Å². The van der Waals surface area contributed by atoms with Crippen molar-refractivity contribution in [2.24, 2.45) is 7.05 Å². The number of aromatic nitrogens is 6. The molecule has 0 spiro atoms. The predicted molar refractivity (Wildman–Crippen MR) is 60.8 cm³/mol. The van der Waals surface area contributed by atoms with Gasteiger partial charge in [-0.15, -0.1) is 10.2 Å². The van der Waals surface area contributed by atoms with E-state index in [0.717, 1.165) is 11.4 Å². The van der Waals surface area contributed by atoms with Crippen molar-refractivity contribution in [1.29, 1.82) is 0 Å². The van der Waals surface area contributed by atoms with Gasteiger partial charge in [-0.25, -0.2) is 9.48 Å². The van der Waals surface area contributed by atoms with Crippen LogP contribution in [0.1, 0.15) is 28.8 Å². The zero-order valence-electron chi connectivity index (χ0n) is 10.5. The monoisotopic (exact) mass is 250 g/mol. The first-order valence-electron chi connectivity index (χ1n) is 5.51. The van der Waals surface area contributed by atoms with Gasteiger partial charge in [-0.1, -0.05) is 17.4 Å². The molecule has 0 aliphatic carbocycles. The smallest absolute Gasteiger partial charge is 0.360 e. The molecule has 96 valence electrons. The van der Waals surface area contributed by atoms with Gasteiger partial charge in [0.15, 0.2) is 5.69 Å². The van der Waals surface area contributed by atoms with Crippen molar-refractivity contribution in [3.63, 3.8) is 0 Å². The lowest BCUT2D eigenvalue weighted by molar-refractivity contribution is 0.0592. The summed E-state index contributed by atoms with van der Waals surface area (Å²) >= 11 is 0. The van der Waals surface area contributed by atoms with Crippen LogP contribution in [-0.4, -0.2) is 43.1 Å². The summed E-state index contributed by atoms with van der Waals surface area (Å²) in [6.45, 7) is 2.36. The summed E-state index contributed by atoms with van der Waals surface area (Å²) in [6.07, 6.45) is 2.43. The maximum Gasteiger partial charge on any atom is 0.360 e. The molecule has 0 fully saturated rings. The number of carbonyl (C=O) groups is 1. The van der Waals surface area contributed by atoms with Crippen LogP contribution in [0.25, 0.3) is 0 Å². The van der Waals surface area contributed by atoms with Crippen LogP contribution in [0.4, 0.5) is 0 Å². The van der Waals surface area contributed by atoms with Crippen molar-refractivity contribution in [2.75, 3.05) is 7.11 Å². The quantitative estimate of drug-likeness (QED) is 0.698. The highest BCUT2D eigenvalue weighted by atomic mass is 16.5. The van der Waals surface area contributed by atoms with Crippen LogP contribution in [0, 0.1) is 0 Å². The van der Waals surface area contributed by atoms with Crippen LogP contribution < -0.4 is 0 Å². The third kappa shape index (κ3) is 2.22. The van der Waals surface area contributed by atoms with Crippen LogP contribution in [0.2, 0.25) is 0 Å². The summed E-state index contributed by atoms with van der Waals surface area (Å²) in [7, 11) is 3.11. The van der Waals surface area contributed by atoms with E-state index in [-0.39, 0.29) is 5.69 Å². The Hall–Kier alpha value is -2.25. The van der Waals surface area contributed by atoms with Crippen molar-refractivity contribution >= 4 is 5.97 Å². The molecule has 0 N–H and O–H groups in total. The lowest BCUT2D eigenvalue weighted by Gasteiger charge is -2.02. The molecule has 2 aromatic rings. The van der Waals surface area contributed by atoms with Gasteiger partial charge >= 0.3 is 5.97 Å². The zero-order chi connectivity index (χ0) is 13.1. The molecular formula is C10H14N6O2. The van der Waals surface area contributed by atoms with Crippen molar-refractivity contribution in [2.45, 2.75) is 19.9 Å². The largest absolute Gasteiger partial charge is 0.464 e. The third-order valence-corrected chi connectivity index (χ3v) is 2.51. The third-order valence-electron chi connectivity index (χ3n) is 2.51. The second-order valence-corrected chi connectivity index (χ2v) is 3.77. The molecule has 0 aliphatic rings. The number of hydrogen-bond donors (Lipinski definition) is 0. The molecule has 0 bridgehead atoms. The molecule has 0 saturated carbocycles. The average molecular weight is 250 g/mol. The Labute approximate surface area is 104 Å². The molecule has 0 aliphatic heterocycles. The molecule has 2 aromatic heterocycles. The topological polar surface area (TPSA) is 87.7 Å². The second-order valence-electron chi connectivity index (χ2n) is 3.77. The highest BCUT2D eigenvalue weighted by Gasteiger charge is 2.19. The highest BCUT2D eigenvalue weighted by molar-refractivity contribution is 5.88. The van der Waals surface area contributed by atoms with Gasteiger partial charge in [0.05, 0.1) is 19.3 Å². The van der Waals surface area contributed by atoms with E-state index in [9.17, 15) is 4.79 Å². The molecule has 2 rings (SSSR count). The Morgan fingerprint density at radius 1 is 1.39 bits per heavy atom. The van der Waals surface area contributed by atoms with E-state index >= 15 is 0 Å². The SMILES string of the molecule is CCc1c(C(=O)OC)nnn1Cc1cn(C)nn1. The maximum atomic E-state index is 11.5. The average Bonchev–Trinajstić information content (AvgIpc) is 2.95. The summed E-state index contributed by atoms with van der Waals surface area (Å²) < 4.78 is 7.90. The van der Waals surface area contributed by atoms with E-state index < -0.39 is 5.97 Å². The molecular weight excluding hydrogens is 236 g/mol. The first kappa shape index (κ1) is 12.2. The summed E-state index contributed by atoms with van der Waals surface area (Å²) in [5.41, 5.74) is 1.74. The first-order chi connectivity index (χ1) is 8.65. The van der Waals surface area contributed by atoms with Crippen molar-refractivity contribution in [3.8, 4) is 0 Å². The van der Waals surface area contributed by atoms with Gasteiger partial charge < -0.3 is 4.74 Å². The maximum absolute atomic E-state index is 11.5. The number of esters is 1. The van der Waals surface area contributed by atoms with Crippen molar-refractivity contribution < 1.29 is 9.53 Å². The lowest BCUT2D eigenvalue weighted by Crippen LogP contribution is -2.10. The molecule has 0 radical (unpaired) electrons. The minimum absolute atomic E-state index is 0.254. The minimum atomic E-state index is -0.475. The number of nitrogens with zero attached hydrogens (tertiary/aromatic N) is 6. The number of aryl methyl sites for hydroxylation is 1. The Morgan fingerprint density at radius 2 is 2.17 bits per heavy atom. The summed E-state index contributed by atoms with van der Waals surface area (Å²) in [5, 5.41) is 15.6. The van der Waals surface area contributed by atoms with Gasteiger partial charge in [-0.2, -0.15) is 0 Å². The number of rotatable bonds is 4. The second kappa shape index (κ2) is 4.94. The van der Waals surface area contributed by atoms with E-state index in [1.54, 1.807) is 22.6 Å². The van der Waals surface area contributed by atoms with Crippen LogP contribution >= 0.6 is 0 Å². The molecule has 2 heterocycles. The fraction of sp³-hybridized carbons (Fsp3) is 0.500. The molecule has 0 amide bonds. The van der Waals surface area contributed by atoms with Crippen LogP contribution in [0.3, 0.4) is 0 Å². The molecule has 8 nitrogen and oxygen atoms in total. The fourth-order valence-electron chi connectivity index (χ4n) is 1.69. The molecule has 0 atom stereocenters. The van der Waals surface area contributed by atoms with E-state index in [2.05, 4.69) is 25.4 Å². The minimum Gasteiger partial charge on any atom is -0.464 e. The first-order valence-corrected chi connectivity index (χ1v) is 5.51. The molecule has 0 saturated heterocycles. The van der Waals surface area contributed by atoms with Gasteiger partial charge in [0.25, 0.3) is 0 Å². The zero-order valence-corrected chi connectivity index (χ0v) is 10.5. The van der Waals surface area contributed by atoms with E-state index in [1.807, 2.05) is 6.92 Å². The van der Waals surface area contributed by atoms with Gasteiger partial charge in [0, 0.05) is 13.2 Å². The lowest BCUT2D eigenvalue weighted by atomic mass is 10.2. The number of methoxy groups -OCH3 is 1. The van der Waals surface area contributed by atoms with Gasteiger partial charge in [0.1, 0.15) is 5.69 Å². The normalized spacial score (nSPS) is 10.6. The standard InChI is InChI=1S/C10H14N6O2/c1-4-8-9(10(17)18-3)12-14-16(8)6-7-5-15(2)13-11-7/h5H,4,6H2,1-3H3. The van der Waals surface area contributed by atoms with Crippen LogP contribution in [-0.2, 0) is 24.8 Å². The summed E-state index contributed by atoms with van der Waals surface area (Å²) in [6, 6.07) is 0. The van der Waals surface area contributed by atoms with Crippen LogP contribution in [0.15, 0.2) is 6.20 Å². The Bertz CT molecular complexity index is 558. The summed E-state index contributed by atoms with van der Waals surface area (Å²) in [5.74, 6) is -0.475. The van der Waals surface area contributed by atoms with E-state index in [1.165, 1.54) is 7.11 Å². The number of hydrogen-bond acceptors (Lipinski definition) is 6. The summed E-state index contributed by atoms with van der Waals surface area (Å²) in [4.78, 5) is 11.5. The van der Waals surface area contributed by atoms with E-state index in [4.69, 9.17) is 0 Å². The van der Waals surface area contributed by atoms with Crippen molar-refractivity contribution in [3.05, 3.63) is 23.3 Å².